The molecule has 1 aliphatic rings. The van der Waals surface area contributed by atoms with Gasteiger partial charge in [0.25, 0.3) is 5.91 Å². The van der Waals surface area contributed by atoms with Crippen LogP contribution in [0.3, 0.4) is 0 Å². The van der Waals surface area contributed by atoms with Crippen LogP contribution < -0.4 is 5.73 Å². The van der Waals surface area contributed by atoms with Crippen LogP contribution >= 0.6 is 23.1 Å². The van der Waals surface area contributed by atoms with Gasteiger partial charge >= 0.3 is 5.97 Å². The molecular weight excluding hydrogens is 356 g/mol. The molecule has 1 aromatic heterocycles. The van der Waals surface area contributed by atoms with E-state index >= 15 is 0 Å². The molecular formula is C18H20N2O3S2. The Morgan fingerprint density at radius 1 is 1.36 bits per heavy atom. The number of likely N-dealkylation sites (tertiary alicyclic amines) is 1. The van der Waals surface area contributed by atoms with Crippen molar-refractivity contribution in [1.29, 1.82) is 0 Å². The molecule has 3 rings (SSSR count). The highest BCUT2D eigenvalue weighted by Gasteiger charge is 2.35. The molecule has 1 fully saturated rings. The third kappa shape index (κ3) is 4.05. The quantitative estimate of drug-likeness (QED) is 0.812. The molecule has 1 aromatic carbocycles. The van der Waals surface area contributed by atoms with E-state index in [1.54, 1.807) is 34.1 Å². The Labute approximate surface area is 155 Å². The number of carbonyl (C=O) groups is 2. The lowest BCUT2D eigenvalue weighted by Gasteiger charge is -2.22. The average Bonchev–Trinajstić information content (AvgIpc) is 3.30. The first kappa shape index (κ1) is 18.0. The van der Waals surface area contributed by atoms with Crippen LogP contribution in [0.2, 0.25) is 0 Å². The molecule has 2 heterocycles. The van der Waals surface area contributed by atoms with Crippen LogP contribution in [-0.2, 0) is 16.1 Å². The van der Waals surface area contributed by atoms with Gasteiger partial charge in [-0.05, 0) is 43.2 Å². The highest BCUT2D eigenvalue weighted by Crippen LogP contribution is 2.34. The Morgan fingerprint density at radius 3 is 2.92 bits per heavy atom. The average molecular weight is 377 g/mol. The number of nitrogens with zero attached hydrogens (tertiary/aromatic N) is 1. The topological polar surface area (TPSA) is 72.6 Å². The van der Waals surface area contributed by atoms with E-state index in [4.69, 9.17) is 10.5 Å². The minimum absolute atomic E-state index is 0.121. The minimum Gasteiger partial charge on any atom is -0.467 e. The van der Waals surface area contributed by atoms with Gasteiger partial charge in [0.05, 0.1) is 11.3 Å². The molecule has 0 bridgehead atoms. The molecule has 2 aromatic rings. The molecule has 7 heteroatoms. The van der Waals surface area contributed by atoms with Crippen molar-refractivity contribution in [3.63, 3.8) is 0 Å². The van der Waals surface area contributed by atoms with Crippen LogP contribution in [0.15, 0.2) is 45.5 Å². The van der Waals surface area contributed by atoms with Crippen LogP contribution in [0.25, 0.3) is 0 Å². The Kier molecular flexibility index (Phi) is 5.78. The number of nitrogens with two attached hydrogens (primary N) is 1. The number of hydrogen-bond acceptors (Lipinski definition) is 6. The lowest BCUT2D eigenvalue weighted by molar-refractivity contribution is -0.145. The van der Waals surface area contributed by atoms with Crippen molar-refractivity contribution in [2.24, 2.45) is 5.73 Å². The number of carbonyl (C=O) groups excluding carboxylic acids is 2. The van der Waals surface area contributed by atoms with Gasteiger partial charge in [-0.25, -0.2) is 4.79 Å². The number of amides is 1. The van der Waals surface area contributed by atoms with Gasteiger partial charge in [-0.1, -0.05) is 17.8 Å². The van der Waals surface area contributed by atoms with Gasteiger partial charge < -0.3 is 15.4 Å². The predicted molar refractivity (Wildman–Crippen MR) is 98.8 cm³/mol. The summed E-state index contributed by atoms with van der Waals surface area (Å²) in [6, 6.07) is 11.1. The molecule has 0 radical (unpaired) electrons. The summed E-state index contributed by atoms with van der Waals surface area (Å²) in [5, 5.41) is 0. The number of esters is 1. The zero-order valence-corrected chi connectivity index (χ0v) is 15.6. The van der Waals surface area contributed by atoms with Crippen molar-refractivity contribution in [2.45, 2.75) is 34.5 Å². The van der Waals surface area contributed by atoms with E-state index < -0.39 is 6.04 Å². The van der Waals surface area contributed by atoms with E-state index in [1.165, 1.54) is 7.11 Å². The molecule has 0 spiro atoms. The molecule has 0 saturated carbocycles. The lowest BCUT2D eigenvalue weighted by atomic mass is 10.1. The molecule has 1 aliphatic heterocycles. The van der Waals surface area contributed by atoms with Crippen molar-refractivity contribution in [2.75, 3.05) is 13.7 Å². The Morgan fingerprint density at radius 2 is 2.20 bits per heavy atom. The molecule has 1 atom stereocenters. The summed E-state index contributed by atoms with van der Waals surface area (Å²) in [5.74, 6) is -0.464. The van der Waals surface area contributed by atoms with Gasteiger partial charge in [-0.2, -0.15) is 0 Å². The van der Waals surface area contributed by atoms with Crippen molar-refractivity contribution in [3.05, 3.63) is 46.8 Å². The van der Waals surface area contributed by atoms with E-state index in [2.05, 4.69) is 0 Å². The Hall–Kier alpha value is -1.83. The van der Waals surface area contributed by atoms with Gasteiger partial charge in [-0.15, -0.1) is 11.3 Å². The molecule has 5 nitrogen and oxygen atoms in total. The molecule has 2 N–H and O–H groups in total. The maximum atomic E-state index is 12.8. The van der Waals surface area contributed by atoms with Crippen molar-refractivity contribution >= 4 is 35.0 Å². The first-order valence-electron chi connectivity index (χ1n) is 8.08. The Balaban J connectivity index is 1.76. The van der Waals surface area contributed by atoms with Gasteiger partial charge in [0.15, 0.2) is 0 Å². The van der Waals surface area contributed by atoms with E-state index in [9.17, 15) is 9.59 Å². The summed E-state index contributed by atoms with van der Waals surface area (Å²) in [6.07, 6.45) is 1.47. The van der Waals surface area contributed by atoms with E-state index in [-0.39, 0.29) is 11.9 Å². The lowest BCUT2D eigenvalue weighted by Crippen LogP contribution is -2.41. The van der Waals surface area contributed by atoms with Crippen LogP contribution in [-0.4, -0.2) is 36.5 Å². The number of rotatable bonds is 5. The van der Waals surface area contributed by atoms with Crippen molar-refractivity contribution < 1.29 is 14.3 Å². The largest absolute Gasteiger partial charge is 0.467 e. The Bertz CT molecular complexity index is 775. The summed E-state index contributed by atoms with van der Waals surface area (Å²) < 4.78 is 5.96. The van der Waals surface area contributed by atoms with Gasteiger partial charge in [0, 0.05) is 28.4 Å². The van der Waals surface area contributed by atoms with E-state index in [0.29, 0.717) is 25.1 Å². The van der Waals surface area contributed by atoms with Crippen molar-refractivity contribution in [1.82, 2.24) is 4.90 Å². The summed E-state index contributed by atoms with van der Waals surface area (Å²) in [5.41, 5.74) is 6.25. The highest BCUT2D eigenvalue weighted by molar-refractivity contribution is 8.01. The third-order valence-corrected chi connectivity index (χ3v) is 6.35. The molecule has 0 aliphatic carbocycles. The monoisotopic (exact) mass is 376 g/mol. The second-order valence-corrected chi connectivity index (χ2v) is 8.28. The number of ether oxygens (including phenoxy) is 1. The number of benzene rings is 1. The summed E-state index contributed by atoms with van der Waals surface area (Å²) >= 11 is 3.27. The van der Waals surface area contributed by atoms with Crippen LogP contribution in [0, 0.1) is 0 Å². The first-order valence-corrected chi connectivity index (χ1v) is 9.71. The smallest absolute Gasteiger partial charge is 0.328 e. The standard InChI is InChI=1S/C18H20N2O3S2/c1-23-18(22)15-6-3-9-20(15)17(21)12-4-2-5-13(10-12)24-16-8-7-14(11-19)25-16/h2,4-5,7-8,10,15H,3,6,9,11,19H2,1H3. The maximum absolute atomic E-state index is 12.8. The highest BCUT2D eigenvalue weighted by atomic mass is 32.2. The fourth-order valence-corrected chi connectivity index (χ4v) is 4.98. The SMILES string of the molecule is COC(=O)C1CCCN1C(=O)c1cccc(Sc2ccc(CN)s2)c1. The van der Waals surface area contributed by atoms with E-state index in [1.807, 2.05) is 30.3 Å². The third-order valence-electron chi connectivity index (χ3n) is 4.12. The van der Waals surface area contributed by atoms with Crippen molar-refractivity contribution in [3.8, 4) is 0 Å². The van der Waals surface area contributed by atoms with Gasteiger partial charge in [-0.3, -0.25) is 4.79 Å². The second kappa shape index (κ2) is 8.03. The summed E-state index contributed by atoms with van der Waals surface area (Å²) in [4.78, 5) is 28.4. The molecule has 132 valence electrons. The summed E-state index contributed by atoms with van der Waals surface area (Å²) in [7, 11) is 1.36. The maximum Gasteiger partial charge on any atom is 0.328 e. The second-order valence-electron chi connectivity index (χ2n) is 5.73. The molecule has 1 saturated heterocycles. The van der Waals surface area contributed by atoms with E-state index in [0.717, 1.165) is 20.4 Å². The van der Waals surface area contributed by atoms with Crippen LogP contribution in [0.5, 0.6) is 0 Å². The number of hydrogen-bond donors (Lipinski definition) is 1. The zero-order chi connectivity index (χ0) is 17.8. The first-order chi connectivity index (χ1) is 12.1. The normalized spacial score (nSPS) is 16.9. The predicted octanol–water partition coefficient (Wildman–Crippen LogP) is 3.14. The molecule has 1 unspecified atom stereocenters. The molecule has 25 heavy (non-hydrogen) atoms. The van der Waals surface area contributed by atoms with Crippen LogP contribution in [0.4, 0.5) is 0 Å². The zero-order valence-electron chi connectivity index (χ0n) is 13.9. The fourth-order valence-electron chi connectivity index (χ4n) is 2.89. The number of methoxy groups -OCH3 is 1. The molecule has 1 amide bonds. The minimum atomic E-state index is -0.474. The summed E-state index contributed by atoms with van der Waals surface area (Å²) in [6.45, 7) is 1.12. The van der Waals surface area contributed by atoms with Gasteiger partial charge in [0.1, 0.15) is 6.04 Å². The number of thiophene rings is 1. The fraction of sp³-hybridized carbons (Fsp3) is 0.333. The van der Waals surface area contributed by atoms with Crippen LogP contribution in [0.1, 0.15) is 28.1 Å². The van der Waals surface area contributed by atoms with Gasteiger partial charge in [0.2, 0.25) is 0 Å².